The second kappa shape index (κ2) is 11.7. The maximum Gasteiger partial charge on any atom is 0.393 e. The molecule has 0 radical (unpaired) electrons. The zero-order valence-corrected chi connectivity index (χ0v) is 24.2. The molecule has 226 valence electrons. The first-order chi connectivity index (χ1) is 19.8. The van der Waals surface area contributed by atoms with Crippen LogP contribution in [-0.2, 0) is 16.1 Å². The smallest absolute Gasteiger partial charge is 0.393 e. The molecule has 2 aliphatic rings. The van der Waals surface area contributed by atoms with Gasteiger partial charge in [0.1, 0.15) is 18.0 Å². The van der Waals surface area contributed by atoms with Gasteiger partial charge in [-0.2, -0.15) is 13.2 Å². The topological polar surface area (TPSA) is 54.8 Å². The Labute approximate surface area is 243 Å². The van der Waals surface area contributed by atoms with Gasteiger partial charge in [0.15, 0.2) is 0 Å². The SMILES string of the molecule is CC(C)(C)OC(=O)Cn1ccc2cccc(C(=O)N3CC(CN4CCC(c5ccc(F)cc5)CC4)[C@H](C(F)(F)F)C3)c21. The zero-order chi connectivity index (χ0) is 30.2. The van der Waals surface area contributed by atoms with E-state index in [9.17, 15) is 27.2 Å². The number of carbonyl (C=O) groups excluding carboxylic acids is 2. The minimum Gasteiger partial charge on any atom is -0.459 e. The molecule has 2 aromatic carbocycles. The number of aromatic nitrogens is 1. The third kappa shape index (κ3) is 6.80. The maximum atomic E-state index is 14.2. The molecule has 2 fully saturated rings. The van der Waals surface area contributed by atoms with E-state index < -0.39 is 42.0 Å². The van der Waals surface area contributed by atoms with E-state index in [0.29, 0.717) is 18.6 Å². The van der Waals surface area contributed by atoms with Gasteiger partial charge in [0, 0.05) is 37.1 Å². The number of carbonyl (C=O) groups is 2. The molecule has 5 rings (SSSR count). The van der Waals surface area contributed by atoms with Gasteiger partial charge in [0.2, 0.25) is 0 Å². The third-order valence-electron chi connectivity index (χ3n) is 8.31. The van der Waals surface area contributed by atoms with Crippen molar-refractivity contribution >= 4 is 22.8 Å². The molecule has 0 aliphatic carbocycles. The van der Waals surface area contributed by atoms with E-state index in [4.69, 9.17) is 4.74 Å². The lowest BCUT2D eigenvalue weighted by Gasteiger charge is -2.35. The molecular weight excluding hydrogens is 550 g/mol. The van der Waals surface area contributed by atoms with Crippen molar-refractivity contribution < 1.29 is 31.9 Å². The molecule has 6 nitrogen and oxygen atoms in total. The minimum atomic E-state index is -4.44. The number of rotatable bonds is 6. The van der Waals surface area contributed by atoms with Crippen LogP contribution in [-0.4, -0.2) is 70.7 Å². The van der Waals surface area contributed by atoms with Crippen molar-refractivity contribution in [2.24, 2.45) is 11.8 Å². The molecule has 1 aromatic heterocycles. The quantitative estimate of drug-likeness (QED) is 0.253. The van der Waals surface area contributed by atoms with E-state index in [2.05, 4.69) is 4.90 Å². The van der Waals surface area contributed by atoms with Crippen molar-refractivity contribution in [1.82, 2.24) is 14.4 Å². The second-order valence-electron chi connectivity index (χ2n) is 12.5. The van der Waals surface area contributed by atoms with Gasteiger partial charge >= 0.3 is 12.1 Å². The highest BCUT2D eigenvalue weighted by Gasteiger charge is 2.51. The number of nitrogens with zero attached hydrogens (tertiary/aromatic N) is 3. The highest BCUT2D eigenvalue weighted by molar-refractivity contribution is 6.06. The van der Waals surface area contributed by atoms with Gasteiger partial charge in [-0.3, -0.25) is 9.59 Å². The van der Waals surface area contributed by atoms with E-state index in [1.54, 1.807) is 67.9 Å². The lowest BCUT2D eigenvalue weighted by molar-refractivity contribution is -0.181. The average Bonchev–Trinajstić information content (AvgIpc) is 3.53. The number of likely N-dealkylation sites (tertiary alicyclic amines) is 2. The number of ether oxygens (including phenoxy) is 1. The maximum absolute atomic E-state index is 14.2. The van der Waals surface area contributed by atoms with Crippen molar-refractivity contribution in [1.29, 1.82) is 0 Å². The van der Waals surface area contributed by atoms with Crippen LogP contribution in [0.3, 0.4) is 0 Å². The first kappa shape index (κ1) is 30.1. The standard InChI is InChI=1S/C32H37F4N3O3/c1-31(2,3)42-28(40)20-38-16-13-23-5-4-6-26(29(23)38)30(41)39-18-24(27(19-39)32(34,35)36)17-37-14-11-22(12-15-37)21-7-9-25(33)10-8-21/h4-10,13,16,22,24,27H,11-12,14-15,17-20H2,1-3H3/t24?,27-/m1/s1. The highest BCUT2D eigenvalue weighted by Crippen LogP contribution is 2.40. The van der Waals surface area contributed by atoms with Crippen molar-refractivity contribution in [3.05, 3.63) is 71.7 Å². The average molecular weight is 588 g/mol. The molecule has 42 heavy (non-hydrogen) atoms. The molecule has 1 amide bonds. The van der Waals surface area contributed by atoms with E-state index in [-0.39, 0.29) is 36.9 Å². The van der Waals surface area contributed by atoms with Crippen LogP contribution in [0.2, 0.25) is 0 Å². The number of para-hydroxylation sites is 1. The molecule has 2 saturated heterocycles. The summed E-state index contributed by atoms with van der Waals surface area (Å²) in [5, 5.41) is 0.719. The van der Waals surface area contributed by atoms with E-state index in [1.807, 2.05) is 0 Å². The van der Waals surface area contributed by atoms with Crippen molar-refractivity contribution in [3.63, 3.8) is 0 Å². The minimum absolute atomic E-state index is 0.00403. The summed E-state index contributed by atoms with van der Waals surface area (Å²) >= 11 is 0. The number of fused-ring (bicyclic) bond motifs is 1. The van der Waals surface area contributed by atoms with Gasteiger partial charge in [-0.25, -0.2) is 4.39 Å². The molecular formula is C32H37F4N3O3. The zero-order valence-electron chi connectivity index (χ0n) is 24.2. The van der Waals surface area contributed by atoms with Crippen LogP contribution in [0.1, 0.15) is 55.5 Å². The van der Waals surface area contributed by atoms with E-state index in [1.165, 1.54) is 17.0 Å². The number of hydrogen-bond acceptors (Lipinski definition) is 4. The third-order valence-corrected chi connectivity index (χ3v) is 8.31. The van der Waals surface area contributed by atoms with Crippen molar-refractivity contribution in [2.45, 2.75) is 57.9 Å². The fraction of sp³-hybridized carbons (Fsp3) is 0.500. The summed E-state index contributed by atoms with van der Waals surface area (Å²) in [6.07, 6.45) is -1.18. The summed E-state index contributed by atoms with van der Waals surface area (Å²) < 4.78 is 63.0. The normalized spacial score (nSPS) is 20.8. The first-order valence-electron chi connectivity index (χ1n) is 14.4. The lowest BCUT2D eigenvalue weighted by Crippen LogP contribution is -2.41. The van der Waals surface area contributed by atoms with Crippen LogP contribution < -0.4 is 0 Å². The largest absolute Gasteiger partial charge is 0.459 e. The van der Waals surface area contributed by atoms with Crippen LogP contribution in [0.25, 0.3) is 10.9 Å². The van der Waals surface area contributed by atoms with E-state index >= 15 is 0 Å². The number of benzene rings is 2. The molecule has 1 unspecified atom stereocenters. The number of amides is 1. The summed E-state index contributed by atoms with van der Waals surface area (Å²) in [6, 6.07) is 13.3. The number of piperidine rings is 1. The first-order valence-corrected chi connectivity index (χ1v) is 14.4. The Kier molecular flexibility index (Phi) is 8.38. The fourth-order valence-corrected chi connectivity index (χ4v) is 6.36. The summed E-state index contributed by atoms with van der Waals surface area (Å²) in [6.45, 7) is 6.33. The molecule has 3 heterocycles. The summed E-state index contributed by atoms with van der Waals surface area (Å²) in [5.74, 6) is -3.35. The highest BCUT2D eigenvalue weighted by atomic mass is 19.4. The van der Waals surface area contributed by atoms with Crippen LogP contribution in [0, 0.1) is 17.7 Å². The molecule has 10 heteroatoms. The Bertz CT molecular complexity index is 1420. The molecule has 2 aliphatic heterocycles. The molecule has 3 aromatic rings. The predicted octanol–water partition coefficient (Wildman–Crippen LogP) is 6.25. The Hall–Kier alpha value is -3.40. The molecule has 0 bridgehead atoms. The summed E-state index contributed by atoms with van der Waals surface area (Å²) in [7, 11) is 0. The summed E-state index contributed by atoms with van der Waals surface area (Å²) in [4.78, 5) is 29.6. The van der Waals surface area contributed by atoms with E-state index in [0.717, 1.165) is 23.8 Å². The summed E-state index contributed by atoms with van der Waals surface area (Å²) in [5.41, 5.74) is 1.14. The number of esters is 1. The van der Waals surface area contributed by atoms with Gasteiger partial charge in [-0.15, -0.1) is 0 Å². The van der Waals surface area contributed by atoms with Crippen LogP contribution >= 0.6 is 0 Å². The Morgan fingerprint density at radius 1 is 0.952 bits per heavy atom. The van der Waals surface area contributed by atoms with Gasteiger partial charge in [-0.1, -0.05) is 24.3 Å². The Morgan fingerprint density at radius 3 is 2.29 bits per heavy atom. The fourth-order valence-electron chi connectivity index (χ4n) is 6.36. The molecule has 0 spiro atoms. The van der Waals surface area contributed by atoms with Crippen molar-refractivity contribution in [2.75, 3.05) is 32.7 Å². The van der Waals surface area contributed by atoms with Gasteiger partial charge < -0.3 is 19.1 Å². The monoisotopic (exact) mass is 587 g/mol. The second-order valence-corrected chi connectivity index (χ2v) is 12.5. The number of hydrogen-bond donors (Lipinski definition) is 0. The number of halogens is 4. The molecule has 2 atom stereocenters. The Balaban J connectivity index is 1.29. The van der Waals surface area contributed by atoms with Gasteiger partial charge in [-0.05, 0) is 82.4 Å². The predicted molar refractivity (Wildman–Crippen MR) is 152 cm³/mol. The van der Waals surface area contributed by atoms with Crippen molar-refractivity contribution in [3.8, 4) is 0 Å². The molecule has 0 N–H and O–H groups in total. The van der Waals surface area contributed by atoms with Crippen LogP contribution in [0.5, 0.6) is 0 Å². The van der Waals surface area contributed by atoms with Gasteiger partial charge in [0.25, 0.3) is 5.91 Å². The molecule has 0 saturated carbocycles. The number of alkyl halides is 3. The van der Waals surface area contributed by atoms with Crippen LogP contribution in [0.15, 0.2) is 54.7 Å². The lowest BCUT2D eigenvalue weighted by atomic mass is 9.88. The van der Waals surface area contributed by atoms with Gasteiger partial charge in [0.05, 0.1) is 17.0 Å². The Morgan fingerprint density at radius 2 is 1.64 bits per heavy atom. The van der Waals surface area contributed by atoms with Crippen LogP contribution in [0.4, 0.5) is 17.6 Å².